The average Bonchev–Trinajstić information content (AvgIpc) is 2.60. The van der Waals surface area contributed by atoms with Gasteiger partial charge in [0.15, 0.2) is 5.69 Å². The molecular weight excluding hydrogens is 318 g/mol. The smallest absolute Gasteiger partial charge is 0.275 e. The van der Waals surface area contributed by atoms with Crippen LogP contribution in [0.2, 0.25) is 0 Å². The number of aromatic nitrogens is 2. The monoisotopic (exact) mass is 345 g/mol. The molecule has 0 aliphatic carbocycles. The molecule has 1 aromatic heterocycles. The molecule has 0 aliphatic rings. The predicted octanol–water partition coefficient (Wildman–Crippen LogP) is 2.29. The Bertz CT molecular complexity index is 783. The van der Waals surface area contributed by atoms with Crippen LogP contribution in [-0.4, -0.2) is 45.4 Å². The summed E-state index contributed by atoms with van der Waals surface area (Å²) in [5.74, 6) is -0.000781. The molecule has 136 valence electrons. The van der Waals surface area contributed by atoms with Gasteiger partial charge in [0.05, 0.1) is 12.0 Å². The van der Waals surface area contributed by atoms with E-state index in [-0.39, 0.29) is 36.2 Å². The minimum atomic E-state index is -0.240. The van der Waals surface area contributed by atoms with Gasteiger partial charge in [-0.2, -0.15) is 5.10 Å². The molecule has 0 saturated heterocycles. The summed E-state index contributed by atoms with van der Waals surface area (Å²) in [6.45, 7) is 7.25. The lowest BCUT2D eigenvalue weighted by molar-refractivity contribution is 0.0712. The average molecular weight is 345 g/mol. The van der Waals surface area contributed by atoms with Crippen molar-refractivity contribution in [1.82, 2.24) is 14.7 Å². The maximum atomic E-state index is 13.0. The van der Waals surface area contributed by atoms with Crippen LogP contribution >= 0.6 is 0 Å². The Kier molecular flexibility index (Phi) is 6.70. The van der Waals surface area contributed by atoms with Gasteiger partial charge >= 0.3 is 0 Å². The molecule has 0 atom stereocenters. The second kappa shape index (κ2) is 8.76. The van der Waals surface area contributed by atoms with E-state index in [0.29, 0.717) is 23.9 Å². The molecule has 0 aliphatic heterocycles. The van der Waals surface area contributed by atoms with E-state index in [1.807, 2.05) is 13.8 Å². The molecule has 2 rings (SSSR count). The molecule has 0 fully saturated rings. The van der Waals surface area contributed by atoms with E-state index in [0.717, 1.165) is 12.8 Å². The van der Waals surface area contributed by atoms with Gasteiger partial charge in [0.2, 0.25) is 0 Å². The molecule has 1 aromatic carbocycles. The van der Waals surface area contributed by atoms with E-state index < -0.39 is 0 Å². The van der Waals surface area contributed by atoms with Crippen LogP contribution in [-0.2, 0) is 6.54 Å². The second-order valence-corrected chi connectivity index (χ2v) is 6.64. The van der Waals surface area contributed by atoms with Gasteiger partial charge < -0.3 is 10.0 Å². The second-order valence-electron chi connectivity index (χ2n) is 6.64. The van der Waals surface area contributed by atoms with Crippen molar-refractivity contribution in [3.63, 3.8) is 0 Å². The first kappa shape index (κ1) is 19.1. The third kappa shape index (κ3) is 4.45. The fraction of sp³-hybridized carbons (Fsp3) is 0.526. The Morgan fingerprint density at radius 2 is 1.92 bits per heavy atom. The zero-order valence-corrected chi connectivity index (χ0v) is 15.2. The van der Waals surface area contributed by atoms with Crippen LogP contribution in [0.4, 0.5) is 0 Å². The number of amides is 1. The minimum absolute atomic E-state index is 0.0982. The SMILES string of the molecule is CCCCN(CCO)C(=O)c1nn(CC(C)C)c(=O)c2ccccc12. The van der Waals surface area contributed by atoms with Gasteiger partial charge in [-0.3, -0.25) is 9.59 Å². The fourth-order valence-corrected chi connectivity index (χ4v) is 2.80. The molecule has 0 saturated carbocycles. The standard InChI is InChI=1S/C19H27N3O3/c1-4-5-10-21(11-12-23)19(25)17-15-8-6-7-9-16(15)18(24)22(20-17)13-14(2)3/h6-9,14,23H,4-5,10-13H2,1-3H3. The summed E-state index contributed by atoms with van der Waals surface area (Å²) in [7, 11) is 0. The quantitative estimate of drug-likeness (QED) is 0.796. The van der Waals surface area contributed by atoms with Crippen LogP contribution in [0.5, 0.6) is 0 Å². The Hall–Kier alpha value is -2.21. The summed E-state index contributed by atoms with van der Waals surface area (Å²) >= 11 is 0. The number of rotatable bonds is 8. The molecule has 0 spiro atoms. The van der Waals surface area contributed by atoms with E-state index in [2.05, 4.69) is 12.0 Å². The van der Waals surface area contributed by atoms with Crippen molar-refractivity contribution in [2.75, 3.05) is 19.7 Å². The number of fused-ring (bicyclic) bond motifs is 1. The summed E-state index contributed by atoms with van der Waals surface area (Å²) in [6.07, 6.45) is 1.81. The Morgan fingerprint density at radius 3 is 2.52 bits per heavy atom. The summed E-state index contributed by atoms with van der Waals surface area (Å²) < 4.78 is 1.39. The molecule has 6 nitrogen and oxygen atoms in total. The summed E-state index contributed by atoms with van der Waals surface area (Å²) in [5, 5.41) is 14.7. The zero-order valence-electron chi connectivity index (χ0n) is 15.2. The largest absolute Gasteiger partial charge is 0.395 e. The highest BCUT2D eigenvalue weighted by molar-refractivity contribution is 6.04. The Balaban J connectivity index is 2.56. The summed E-state index contributed by atoms with van der Waals surface area (Å²) in [5.41, 5.74) is 0.100. The summed E-state index contributed by atoms with van der Waals surface area (Å²) in [6, 6.07) is 7.08. The number of benzene rings is 1. The van der Waals surface area contributed by atoms with Crippen molar-refractivity contribution in [2.45, 2.75) is 40.2 Å². The van der Waals surface area contributed by atoms with E-state index in [1.54, 1.807) is 29.2 Å². The highest BCUT2D eigenvalue weighted by atomic mass is 16.3. The number of aliphatic hydroxyl groups excluding tert-OH is 1. The van der Waals surface area contributed by atoms with Crippen LogP contribution in [0.25, 0.3) is 10.8 Å². The normalized spacial score (nSPS) is 11.2. The van der Waals surface area contributed by atoms with E-state index in [4.69, 9.17) is 0 Å². The first-order valence-corrected chi connectivity index (χ1v) is 8.89. The molecule has 25 heavy (non-hydrogen) atoms. The topological polar surface area (TPSA) is 75.4 Å². The van der Waals surface area contributed by atoms with Gasteiger partial charge in [0, 0.05) is 25.0 Å². The van der Waals surface area contributed by atoms with E-state index >= 15 is 0 Å². The number of carbonyl (C=O) groups is 1. The molecule has 1 heterocycles. The number of hydrogen-bond acceptors (Lipinski definition) is 4. The Morgan fingerprint density at radius 1 is 1.24 bits per heavy atom. The molecule has 1 amide bonds. The van der Waals surface area contributed by atoms with Gasteiger partial charge in [-0.15, -0.1) is 0 Å². The van der Waals surface area contributed by atoms with Gasteiger partial charge in [-0.25, -0.2) is 4.68 Å². The molecule has 1 N–H and O–H groups in total. The van der Waals surface area contributed by atoms with Crippen molar-refractivity contribution < 1.29 is 9.90 Å². The third-order valence-corrected chi connectivity index (χ3v) is 4.05. The number of carbonyl (C=O) groups excluding carboxylic acids is 1. The van der Waals surface area contributed by atoms with Crippen LogP contribution in [0, 0.1) is 5.92 Å². The van der Waals surface area contributed by atoms with Crippen molar-refractivity contribution in [3.05, 3.63) is 40.3 Å². The fourth-order valence-electron chi connectivity index (χ4n) is 2.80. The number of unbranched alkanes of at least 4 members (excludes halogenated alkanes) is 1. The highest BCUT2D eigenvalue weighted by Gasteiger charge is 2.21. The van der Waals surface area contributed by atoms with Gasteiger partial charge in [0.25, 0.3) is 11.5 Å². The lowest BCUT2D eigenvalue weighted by Crippen LogP contribution is -2.37. The zero-order chi connectivity index (χ0) is 18.4. The number of aliphatic hydroxyl groups is 1. The molecule has 0 bridgehead atoms. The van der Waals surface area contributed by atoms with Gasteiger partial charge in [0.1, 0.15) is 0 Å². The Labute approximate surface area is 148 Å². The number of hydrogen-bond donors (Lipinski definition) is 1. The first-order chi connectivity index (χ1) is 12.0. The maximum absolute atomic E-state index is 13.0. The third-order valence-electron chi connectivity index (χ3n) is 4.05. The first-order valence-electron chi connectivity index (χ1n) is 8.89. The lowest BCUT2D eigenvalue weighted by Gasteiger charge is -2.22. The highest BCUT2D eigenvalue weighted by Crippen LogP contribution is 2.16. The molecule has 6 heteroatoms. The van der Waals surface area contributed by atoms with Gasteiger partial charge in [-0.1, -0.05) is 45.4 Å². The van der Waals surface area contributed by atoms with Crippen molar-refractivity contribution >= 4 is 16.7 Å². The van der Waals surface area contributed by atoms with Crippen molar-refractivity contribution in [2.24, 2.45) is 5.92 Å². The predicted molar refractivity (Wildman–Crippen MR) is 98.7 cm³/mol. The van der Waals surface area contributed by atoms with Crippen molar-refractivity contribution in [3.8, 4) is 0 Å². The molecule has 0 radical (unpaired) electrons. The van der Waals surface area contributed by atoms with Crippen LogP contribution in [0.3, 0.4) is 0 Å². The summed E-state index contributed by atoms with van der Waals surface area (Å²) in [4.78, 5) is 27.3. The molecule has 2 aromatic rings. The lowest BCUT2D eigenvalue weighted by atomic mass is 10.1. The minimum Gasteiger partial charge on any atom is -0.395 e. The molecule has 0 unspecified atom stereocenters. The van der Waals surface area contributed by atoms with Gasteiger partial charge in [-0.05, 0) is 18.4 Å². The van der Waals surface area contributed by atoms with Crippen LogP contribution < -0.4 is 5.56 Å². The van der Waals surface area contributed by atoms with E-state index in [9.17, 15) is 14.7 Å². The van der Waals surface area contributed by atoms with E-state index in [1.165, 1.54) is 4.68 Å². The van der Waals surface area contributed by atoms with Crippen LogP contribution in [0.1, 0.15) is 44.1 Å². The number of nitrogens with zero attached hydrogens (tertiary/aromatic N) is 3. The van der Waals surface area contributed by atoms with Crippen LogP contribution in [0.15, 0.2) is 29.1 Å². The molecular formula is C19H27N3O3. The van der Waals surface area contributed by atoms with Crippen molar-refractivity contribution in [1.29, 1.82) is 0 Å². The maximum Gasteiger partial charge on any atom is 0.275 e.